The molecule has 0 fully saturated rings. The van der Waals surface area contributed by atoms with Gasteiger partial charge in [0, 0.05) is 11.6 Å². The number of carbonyl (C=O) groups is 2. The molecule has 0 aliphatic heterocycles. The first kappa shape index (κ1) is 14.1. The molecule has 0 spiro atoms. The van der Waals surface area contributed by atoms with Crippen LogP contribution in [0, 0.1) is 0 Å². The highest BCUT2D eigenvalue weighted by molar-refractivity contribution is 7.13. The number of carbonyl (C=O) groups excluding carboxylic acids is 2. The van der Waals surface area contributed by atoms with Crippen LogP contribution < -0.4 is 5.32 Å². The average molecular weight is 314 g/mol. The van der Waals surface area contributed by atoms with Gasteiger partial charge in [-0.15, -0.1) is 11.3 Å². The minimum atomic E-state index is -0.701. The summed E-state index contributed by atoms with van der Waals surface area (Å²) in [7, 11) is 0. The molecule has 3 rings (SSSR count). The molecule has 0 bridgehead atoms. The zero-order valence-corrected chi connectivity index (χ0v) is 12.0. The normalized spacial score (nSPS) is 10.4. The number of fused-ring (bicyclic) bond motifs is 1. The fourth-order valence-electron chi connectivity index (χ4n) is 1.70. The molecule has 7 nitrogen and oxygen atoms in total. The van der Waals surface area contributed by atoms with E-state index in [9.17, 15) is 9.59 Å². The summed E-state index contributed by atoms with van der Waals surface area (Å²) in [4.78, 5) is 35.6. The van der Waals surface area contributed by atoms with Crippen molar-refractivity contribution in [1.82, 2.24) is 15.0 Å². The van der Waals surface area contributed by atoms with Crippen molar-refractivity contribution in [2.24, 2.45) is 0 Å². The summed E-state index contributed by atoms with van der Waals surface area (Å²) in [6.07, 6.45) is 2.89. The van der Waals surface area contributed by atoms with Crippen LogP contribution in [0.3, 0.4) is 0 Å². The maximum atomic E-state index is 11.9. The van der Waals surface area contributed by atoms with E-state index >= 15 is 0 Å². The quantitative estimate of drug-likeness (QED) is 0.739. The minimum Gasteiger partial charge on any atom is -0.451 e. The number of hydrogen-bond donors (Lipinski definition) is 1. The number of hydrogen-bond acceptors (Lipinski definition) is 7. The standard InChI is InChI=1S/C14H10N4O3S/c19-12(18-14-15-5-6-22-14)8-21-13(20)11-7-16-9-3-1-2-4-10(9)17-11/h1-7H,8H2,(H,15,18,19). The van der Waals surface area contributed by atoms with Crippen molar-refractivity contribution in [3.8, 4) is 0 Å². The number of para-hydroxylation sites is 2. The summed E-state index contributed by atoms with van der Waals surface area (Å²) in [6.45, 7) is -0.410. The number of anilines is 1. The molecule has 0 radical (unpaired) electrons. The summed E-state index contributed by atoms with van der Waals surface area (Å²) < 4.78 is 4.91. The van der Waals surface area contributed by atoms with Crippen molar-refractivity contribution >= 4 is 39.4 Å². The van der Waals surface area contributed by atoms with E-state index in [-0.39, 0.29) is 5.69 Å². The zero-order valence-electron chi connectivity index (χ0n) is 11.2. The summed E-state index contributed by atoms with van der Waals surface area (Å²) in [5.41, 5.74) is 1.32. The van der Waals surface area contributed by atoms with Crippen LogP contribution in [0.2, 0.25) is 0 Å². The molecule has 0 saturated carbocycles. The first-order valence-electron chi connectivity index (χ1n) is 6.30. The number of benzene rings is 1. The lowest BCUT2D eigenvalue weighted by molar-refractivity contribution is -0.119. The fraction of sp³-hybridized carbons (Fsp3) is 0.0714. The number of rotatable bonds is 4. The van der Waals surface area contributed by atoms with Gasteiger partial charge in [-0.05, 0) is 12.1 Å². The second kappa shape index (κ2) is 6.27. The Hall–Kier alpha value is -2.87. The van der Waals surface area contributed by atoms with Gasteiger partial charge in [-0.25, -0.2) is 14.8 Å². The molecular formula is C14H10N4O3S. The highest BCUT2D eigenvalue weighted by atomic mass is 32.1. The lowest BCUT2D eigenvalue weighted by Gasteiger charge is -2.04. The predicted octanol–water partition coefficient (Wildman–Crippen LogP) is 1.88. The van der Waals surface area contributed by atoms with Crippen molar-refractivity contribution < 1.29 is 14.3 Å². The first-order valence-corrected chi connectivity index (χ1v) is 7.18. The van der Waals surface area contributed by atoms with E-state index in [0.717, 1.165) is 0 Å². The molecule has 1 amide bonds. The van der Waals surface area contributed by atoms with Gasteiger partial charge in [0.25, 0.3) is 5.91 Å². The Morgan fingerprint density at radius 1 is 1.18 bits per heavy atom. The van der Waals surface area contributed by atoms with Gasteiger partial charge in [0.2, 0.25) is 0 Å². The molecule has 3 aromatic rings. The zero-order chi connectivity index (χ0) is 15.4. The van der Waals surface area contributed by atoms with Crippen LogP contribution in [0.15, 0.2) is 42.0 Å². The molecule has 0 unspecified atom stereocenters. The van der Waals surface area contributed by atoms with Crippen LogP contribution >= 0.6 is 11.3 Å². The Kier molecular flexibility index (Phi) is 4.01. The summed E-state index contributed by atoms with van der Waals surface area (Å²) >= 11 is 1.28. The molecule has 0 saturated heterocycles. The van der Waals surface area contributed by atoms with Crippen LogP contribution in [-0.4, -0.2) is 33.4 Å². The summed E-state index contributed by atoms with van der Waals surface area (Å²) in [5.74, 6) is -1.16. The second-order valence-corrected chi connectivity index (χ2v) is 5.10. The van der Waals surface area contributed by atoms with Crippen molar-refractivity contribution in [2.45, 2.75) is 0 Å². The fourth-order valence-corrected chi connectivity index (χ4v) is 2.25. The van der Waals surface area contributed by atoms with Gasteiger partial charge in [0.05, 0.1) is 17.2 Å². The second-order valence-electron chi connectivity index (χ2n) is 4.21. The van der Waals surface area contributed by atoms with Gasteiger partial charge in [0.15, 0.2) is 17.4 Å². The van der Waals surface area contributed by atoms with Crippen molar-refractivity contribution in [3.05, 3.63) is 47.7 Å². The van der Waals surface area contributed by atoms with Crippen LogP contribution in [0.5, 0.6) is 0 Å². The number of aromatic nitrogens is 3. The van der Waals surface area contributed by atoms with Gasteiger partial charge in [-0.3, -0.25) is 15.1 Å². The van der Waals surface area contributed by atoms with E-state index < -0.39 is 18.5 Å². The van der Waals surface area contributed by atoms with E-state index in [1.54, 1.807) is 29.8 Å². The minimum absolute atomic E-state index is 0.0562. The number of esters is 1. The molecule has 0 aliphatic rings. The molecule has 8 heteroatoms. The Balaban J connectivity index is 1.62. The Morgan fingerprint density at radius 2 is 2.00 bits per heavy atom. The third-order valence-electron chi connectivity index (χ3n) is 2.67. The van der Waals surface area contributed by atoms with Crippen molar-refractivity contribution in [3.63, 3.8) is 0 Å². The van der Waals surface area contributed by atoms with Gasteiger partial charge in [0.1, 0.15) is 0 Å². The number of nitrogens with zero attached hydrogens (tertiary/aromatic N) is 3. The maximum absolute atomic E-state index is 11.9. The molecular weight excluding hydrogens is 304 g/mol. The Morgan fingerprint density at radius 3 is 2.77 bits per heavy atom. The van der Waals surface area contributed by atoms with Crippen molar-refractivity contribution in [1.29, 1.82) is 0 Å². The van der Waals surface area contributed by atoms with Gasteiger partial charge < -0.3 is 4.74 Å². The Labute approximate surface area is 129 Å². The van der Waals surface area contributed by atoms with Crippen LogP contribution in [0.25, 0.3) is 11.0 Å². The third kappa shape index (κ3) is 3.23. The highest BCUT2D eigenvalue weighted by Gasteiger charge is 2.13. The Bertz CT molecular complexity index is 820. The molecule has 0 aliphatic carbocycles. The number of amides is 1. The third-order valence-corrected chi connectivity index (χ3v) is 3.36. The first-order chi connectivity index (χ1) is 10.7. The molecule has 1 aromatic carbocycles. The van der Waals surface area contributed by atoms with Gasteiger partial charge in [-0.1, -0.05) is 12.1 Å². The smallest absolute Gasteiger partial charge is 0.359 e. The maximum Gasteiger partial charge on any atom is 0.359 e. The van der Waals surface area contributed by atoms with Gasteiger partial charge >= 0.3 is 5.97 Å². The number of ether oxygens (including phenoxy) is 1. The van der Waals surface area contributed by atoms with Crippen LogP contribution in [0.4, 0.5) is 5.13 Å². The van der Waals surface area contributed by atoms with E-state index in [0.29, 0.717) is 16.2 Å². The van der Waals surface area contributed by atoms with E-state index in [1.807, 2.05) is 6.07 Å². The van der Waals surface area contributed by atoms with E-state index in [4.69, 9.17) is 4.74 Å². The summed E-state index contributed by atoms with van der Waals surface area (Å²) in [5, 5.41) is 4.69. The monoisotopic (exact) mass is 314 g/mol. The average Bonchev–Trinajstić information content (AvgIpc) is 3.05. The van der Waals surface area contributed by atoms with Crippen LogP contribution in [0.1, 0.15) is 10.5 Å². The predicted molar refractivity (Wildman–Crippen MR) is 80.6 cm³/mol. The number of thiazole rings is 1. The largest absolute Gasteiger partial charge is 0.451 e. The lowest BCUT2D eigenvalue weighted by atomic mass is 10.3. The van der Waals surface area contributed by atoms with Gasteiger partial charge in [-0.2, -0.15) is 0 Å². The molecule has 0 atom stereocenters. The molecule has 1 N–H and O–H groups in total. The lowest BCUT2D eigenvalue weighted by Crippen LogP contribution is -2.21. The number of nitrogens with one attached hydrogen (secondary N) is 1. The molecule has 2 heterocycles. The molecule has 22 heavy (non-hydrogen) atoms. The summed E-state index contributed by atoms with van der Waals surface area (Å²) in [6, 6.07) is 7.17. The van der Waals surface area contributed by atoms with E-state index in [2.05, 4.69) is 20.3 Å². The van der Waals surface area contributed by atoms with Crippen molar-refractivity contribution in [2.75, 3.05) is 11.9 Å². The van der Waals surface area contributed by atoms with E-state index in [1.165, 1.54) is 17.5 Å². The SMILES string of the molecule is O=C(COC(=O)c1cnc2ccccc2n1)Nc1nccs1. The molecule has 2 aromatic heterocycles. The van der Waals surface area contributed by atoms with Crippen LogP contribution in [-0.2, 0) is 9.53 Å². The highest BCUT2D eigenvalue weighted by Crippen LogP contribution is 2.11. The topological polar surface area (TPSA) is 94.1 Å². The molecule has 110 valence electrons.